The van der Waals surface area contributed by atoms with E-state index in [1.54, 1.807) is 0 Å². The number of hydrogen-bond donors (Lipinski definition) is 2. The van der Waals surface area contributed by atoms with Crippen LogP contribution >= 0.6 is 11.6 Å². The molecule has 3 fully saturated rings. The van der Waals surface area contributed by atoms with Gasteiger partial charge in [0.15, 0.2) is 0 Å². The van der Waals surface area contributed by atoms with Gasteiger partial charge in [-0.15, -0.1) is 0 Å². The van der Waals surface area contributed by atoms with Gasteiger partial charge in [-0.2, -0.15) is 0 Å². The first-order chi connectivity index (χ1) is 16.8. The number of aromatic nitrogens is 4. The Labute approximate surface area is 207 Å². The highest BCUT2D eigenvalue weighted by Crippen LogP contribution is 2.41. The minimum atomic E-state index is 0.571. The van der Waals surface area contributed by atoms with Crippen molar-refractivity contribution in [2.45, 2.75) is 88.9 Å². The lowest BCUT2D eigenvalue weighted by Crippen LogP contribution is -2.28. The van der Waals surface area contributed by atoms with Crippen molar-refractivity contribution in [2.75, 3.05) is 41.7 Å². The van der Waals surface area contributed by atoms with E-state index in [-0.39, 0.29) is 0 Å². The molecule has 0 aromatic carbocycles. The van der Waals surface area contributed by atoms with E-state index in [9.17, 15) is 0 Å². The van der Waals surface area contributed by atoms with E-state index in [0.29, 0.717) is 17.0 Å². The predicted molar refractivity (Wildman–Crippen MR) is 137 cm³/mol. The average Bonchev–Trinajstić information content (AvgIpc) is 3.76. The molecule has 7 rings (SSSR count). The molecule has 2 aromatic heterocycles. The zero-order valence-electron chi connectivity index (χ0n) is 20.1. The van der Waals surface area contributed by atoms with Gasteiger partial charge in [-0.25, -0.2) is 19.9 Å². The van der Waals surface area contributed by atoms with E-state index in [2.05, 4.69) is 25.5 Å². The van der Waals surface area contributed by atoms with Crippen molar-refractivity contribution in [1.82, 2.24) is 19.9 Å². The summed E-state index contributed by atoms with van der Waals surface area (Å²) in [6.45, 7) is 4.42. The van der Waals surface area contributed by atoms with Crippen LogP contribution in [0.2, 0.25) is 5.15 Å². The summed E-state index contributed by atoms with van der Waals surface area (Å²) in [5, 5.41) is 7.45. The van der Waals surface area contributed by atoms with E-state index in [4.69, 9.17) is 21.6 Å². The van der Waals surface area contributed by atoms with Gasteiger partial charge in [0.25, 0.3) is 0 Å². The first-order valence-electron chi connectivity index (χ1n) is 13.5. The van der Waals surface area contributed by atoms with Crippen molar-refractivity contribution in [3.05, 3.63) is 27.9 Å². The van der Waals surface area contributed by atoms with Gasteiger partial charge in [-0.05, 0) is 64.2 Å². The highest BCUT2D eigenvalue weighted by atomic mass is 35.5. The lowest BCUT2D eigenvalue weighted by Gasteiger charge is -2.28. The Morgan fingerprint density at radius 1 is 0.647 bits per heavy atom. The van der Waals surface area contributed by atoms with Crippen LogP contribution in [-0.2, 0) is 12.8 Å². The number of halogens is 1. The Morgan fingerprint density at radius 3 is 1.82 bits per heavy atom. The van der Waals surface area contributed by atoms with Crippen LogP contribution in [0.5, 0.6) is 0 Å². The van der Waals surface area contributed by atoms with E-state index in [1.807, 2.05) is 0 Å². The van der Waals surface area contributed by atoms with Crippen molar-refractivity contribution < 1.29 is 0 Å². The number of anilines is 3. The molecule has 7 nitrogen and oxygen atoms in total. The average molecular weight is 482 g/mol. The molecular weight excluding hydrogens is 446 g/mol. The third kappa shape index (κ3) is 4.95. The molecule has 5 aliphatic rings. The number of nitrogens with zero attached hydrogens (tertiary/aromatic N) is 5. The molecule has 0 unspecified atom stereocenters. The SMILES string of the molecule is C1CCCN(c2nc(C3CC3)nc3c2CCCN3)CC1.Clc1nc(C2CC2)nc2c1CCCN2. The van der Waals surface area contributed by atoms with Crippen LogP contribution in [0.1, 0.15) is 98.8 Å². The number of nitrogens with one attached hydrogen (secondary N) is 2. The predicted octanol–water partition coefficient (Wildman–Crippen LogP) is 5.46. The van der Waals surface area contributed by atoms with Gasteiger partial charge in [0.1, 0.15) is 34.3 Å². The maximum Gasteiger partial charge on any atom is 0.138 e. The number of rotatable bonds is 3. The summed E-state index contributed by atoms with van der Waals surface area (Å²) in [6, 6.07) is 0. The molecule has 0 bridgehead atoms. The zero-order chi connectivity index (χ0) is 22.9. The second kappa shape index (κ2) is 9.84. The quantitative estimate of drug-likeness (QED) is 0.563. The van der Waals surface area contributed by atoms with Gasteiger partial charge < -0.3 is 15.5 Å². The lowest BCUT2D eigenvalue weighted by atomic mass is 10.1. The van der Waals surface area contributed by atoms with Crippen LogP contribution in [-0.4, -0.2) is 46.1 Å². The molecule has 1 saturated heterocycles. The van der Waals surface area contributed by atoms with Crippen LogP contribution in [0.4, 0.5) is 17.5 Å². The Balaban J connectivity index is 0.000000136. The van der Waals surface area contributed by atoms with Crippen LogP contribution in [0.15, 0.2) is 0 Å². The standard InChI is InChI=1S/C16H24N4.C10H12ClN3/c1-2-4-11-20(10-3-1)16-13-6-5-9-17-15(13)18-14(19-16)12-7-8-12;11-8-7-2-1-5-12-10(7)14-9(13-8)6-3-4-6/h12H,1-11H2,(H,17,18,19);6H,1-5H2,(H,12,13,14). The summed E-state index contributed by atoms with van der Waals surface area (Å²) in [5.41, 5.74) is 2.48. The Kier molecular flexibility index (Phi) is 6.46. The highest BCUT2D eigenvalue weighted by molar-refractivity contribution is 6.30. The van der Waals surface area contributed by atoms with E-state index >= 15 is 0 Å². The van der Waals surface area contributed by atoms with Crippen molar-refractivity contribution in [2.24, 2.45) is 0 Å². The van der Waals surface area contributed by atoms with Gasteiger partial charge in [-0.3, -0.25) is 0 Å². The third-order valence-corrected chi connectivity index (χ3v) is 7.87. The Hall–Kier alpha value is -2.15. The molecular formula is C26H36ClN7. The monoisotopic (exact) mass is 481 g/mol. The Morgan fingerprint density at radius 2 is 1.21 bits per heavy atom. The normalized spacial score (nSPS) is 21.7. The first-order valence-corrected chi connectivity index (χ1v) is 13.8. The van der Waals surface area contributed by atoms with Gasteiger partial charge in [-0.1, -0.05) is 24.4 Å². The largest absolute Gasteiger partial charge is 0.370 e. The van der Waals surface area contributed by atoms with Crippen LogP contribution in [0.25, 0.3) is 0 Å². The summed E-state index contributed by atoms with van der Waals surface area (Å²) < 4.78 is 0. The minimum absolute atomic E-state index is 0.571. The van der Waals surface area contributed by atoms with Crippen molar-refractivity contribution >= 4 is 29.1 Å². The fourth-order valence-corrected chi connectivity index (χ4v) is 5.51. The van der Waals surface area contributed by atoms with E-state index < -0.39 is 0 Å². The van der Waals surface area contributed by atoms with Crippen molar-refractivity contribution in [3.8, 4) is 0 Å². The topological polar surface area (TPSA) is 78.9 Å². The fraction of sp³-hybridized carbons (Fsp3) is 0.692. The summed E-state index contributed by atoms with van der Waals surface area (Å²) >= 11 is 6.13. The molecule has 3 aliphatic heterocycles. The molecule has 8 heteroatoms. The first kappa shape index (κ1) is 22.3. The second-order valence-corrected chi connectivity index (χ2v) is 10.8. The van der Waals surface area contributed by atoms with Gasteiger partial charge >= 0.3 is 0 Å². The van der Waals surface area contributed by atoms with Crippen LogP contribution in [0, 0.1) is 0 Å². The minimum Gasteiger partial charge on any atom is -0.370 e. The molecule has 0 radical (unpaired) electrons. The fourth-order valence-electron chi connectivity index (χ4n) is 5.24. The third-order valence-electron chi connectivity index (χ3n) is 7.56. The summed E-state index contributed by atoms with van der Waals surface area (Å²) in [5.74, 6) is 6.59. The molecule has 2 saturated carbocycles. The summed E-state index contributed by atoms with van der Waals surface area (Å²) in [7, 11) is 0. The number of fused-ring (bicyclic) bond motifs is 2. The molecule has 2 N–H and O–H groups in total. The molecule has 34 heavy (non-hydrogen) atoms. The van der Waals surface area contributed by atoms with Crippen LogP contribution in [0.3, 0.4) is 0 Å². The molecule has 2 aromatic rings. The molecule has 2 aliphatic carbocycles. The molecule has 0 atom stereocenters. The van der Waals surface area contributed by atoms with Crippen LogP contribution < -0.4 is 15.5 Å². The van der Waals surface area contributed by atoms with Gasteiger partial charge in [0.2, 0.25) is 0 Å². The van der Waals surface area contributed by atoms with Gasteiger partial charge in [0.05, 0.1) is 0 Å². The van der Waals surface area contributed by atoms with E-state index in [0.717, 1.165) is 61.2 Å². The number of hydrogen-bond acceptors (Lipinski definition) is 7. The molecule has 0 spiro atoms. The molecule has 5 heterocycles. The zero-order valence-corrected chi connectivity index (χ0v) is 20.8. The van der Waals surface area contributed by atoms with Crippen molar-refractivity contribution in [1.29, 1.82) is 0 Å². The maximum atomic E-state index is 6.13. The Bertz CT molecular complexity index is 1030. The molecule has 0 amide bonds. The maximum absolute atomic E-state index is 6.13. The summed E-state index contributed by atoms with van der Waals surface area (Å²) in [4.78, 5) is 21.2. The second-order valence-electron chi connectivity index (χ2n) is 10.4. The van der Waals surface area contributed by atoms with Gasteiger partial charge in [0, 0.05) is 49.1 Å². The smallest absolute Gasteiger partial charge is 0.138 e. The van der Waals surface area contributed by atoms with Crippen molar-refractivity contribution in [3.63, 3.8) is 0 Å². The lowest BCUT2D eigenvalue weighted by molar-refractivity contribution is 0.726. The van der Waals surface area contributed by atoms with E-state index in [1.165, 1.54) is 82.3 Å². The summed E-state index contributed by atoms with van der Waals surface area (Å²) in [6.07, 6.45) is 14.8. The highest BCUT2D eigenvalue weighted by Gasteiger charge is 2.31. The molecule has 182 valence electrons.